The van der Waals surface area contributed by atoms with E-state index in [4.69, 9.17) is 9.47 Å². The van der Waals surface area contributed by atoms with Gasteiger partial charge in [-0.2, -0.15) is 5.26 Å². The van der Waals surface area contributed by atoms with Crippen molar-refractivity contribution < 1.29 is 13.9 Å². The number of hydrogen-bond acceptors (Lipinski definition) is 6. The first kappa shape index (κ1) is 16.1. The van der Waals surface area contributed by atoms with E-state index in [0.717, 1.165) is 11.3 Å². The largest absolute Gasteiger partial charge is 0.454 e. The Bertz CT molecular complexity index is 1040. The van der Waals surface area contributed by atoms with Crippen LogP contribution in [0, 0.1) is 17.1 Å². The molecule has 7 heteroatoms. The number of hydrogen-bond donors (Lipinski definition) is 1. The Kier molecular flexibility index (Phi) is 4.25. The topological polar surface area (TPSA) is 67.2 Å². The number of ether oxygens (including phenoxy) is 2. The van der Waals surface area contributed by atoms with Crippen molar-refractivity contribution in [1.29, 1.82) is 5.26 Å². The quantitative estimate of drug-likeness (QED) is 0.682. The fourth-order valence-electron chi connectivity index (χ4n) is 2.46. The van der Waals surface area contributed by atoms with Crippen LogP contribution in [0.15, 0.2) is 54.0 Å². The van der Waals surface area contributed by atoms with Crippen LogP contribution in [-0.4, -0.2) is 11.8 Å². The second kappa shape index (κ2) is 6.86. The van der Waals surface area contributed by atoms with Crippen LogP contribution in [0.5, 0.6) is 11.5 Å². The molecule has 5 nitrogen and oxygen atoms in total. The maximum Gasteiger partial charge on any atom is 0.231 e. The Hall–Kier alpha value is -3.37. The number of nitrogens with one attached hydrogen (secondary N) is 1. The van der Waals surface area contributed by atoms with Crippen LogP contribution >= 0.6 is 11.3 Å². The van der Waals surface area contributed by atoms with Crippen molar-refractivity contribution >= 4 is 22.6 Å². The molecule has 0 saturated heterocycles. The summed E-state index contributed by atoms with van der Waals surface area (Å²) < 4.78 is 23.9. The van der Waals surface area contributed by atoms with Crippen molar-refractivity contribution in [2.75, 3.05) is 12.1 Å². The van der Waals surface area contributed by atoms with Crippen molar-refractivity contribution in [2.45, 2.75) is 0 Å². The molecule has 4 rings (SSSR count). The number of nitriles is 1. The van der Waals surface area contributed by atoms with E-state index in [9.17, 15) is 9.65 Å². The zero-order chi connectivity index (χ0) is 17.9. The lowest BCUT2D eigenvalue weighted by molar-refractivity contribution is 0.174. The van der Waals surface area contributed by atoms with Gasteiger partial charge in [-0.25, -0.2) is 9.37 Å². The maximum absolute atomic E-state index is 13.2. The lowest BCUT2D eigenvalue weighted by Gasteiger charge is -2.01. The van der Waals surface area contributed by atoms with Crippen LogP contribution in [0.1, 0.15) is 5.01 Å². The highest BCUT2D eigenvalue weighted by Crippen LogP contribution is 2.36. The fraction of sp³-hybridized carbons (Fsp3) is 0.0526. The van der Waals surface area contributed by atoms with Crippen LogP contribution in [0.25, 0.3) is 16.8 Å². The Labute approximate surface area is 153 Å². The molecule has 2 aromatic carbocycles. The zero-order valence-corrected chi connectivity index (χ0v) is 14.2. The molecule has 1 aliphatic rings. The fourth-order valence-corrected chi connectivity index (χ4v) is 3.26. The molecule has 1 aliphatic heterocycles. The molecule has 0 unspecified atom stereocenters. The van der Waals surface area contributed by atoms with Crippen LogP contribution in [0.4, 0.5) is 10.1 Å². The summed E-state index contributed by atoms with van der Waals surface area (Å²) in [4.78, 5) is 4.52. The smallest absolute Gasteiger partial charge is 0.231 e. The van der Waals surface area contributed by atoms with E-state index in [-0.39, 0.29) is 12.6 Å². The van der Waals surface area contributed by atoms with Crippen molar-refractivity contribution in [3.63, 3.8) is 0 Å². The Morgan fingerprint density at radius 2 is 2.12 bits per heavy atom. The van der Waals surface area contributed by atoms with Gasteiger partial charge in [-0.3, -0.25) is 0 Å². The lowest BCUT2D eigenvalue weighted by Crippen LogP contribution is -1.92. The molecule has 2 heterocycles. The van der Waals surface area contributed by atoms with E-state index < -0.39 is 0 Å². The van der Waals surface area contributed by atoms with E-state index in [0.29, 0.717) is 27.8 Å². The molecule has 0 atom stereocenters. The third-order valence-electron chi connectivity index (χ3n) is 3.73. The standard InChI is InChI=1S/C19H12FN3O2S/c20-14-2-1-3-15(7-14)22-9-13(8-21)19-23-16(10-26-19)12-4-5-17-18(6-12)25-11-24-17/h1-7,9-10,22H,11H2/b13-9+. The van der Waals surface area contributed by atoms with Gasteiger partial charge in [0.1, 0.15) is 22.5 Å². The molecule has 0 saturated carbocycles. The molecule has 3 aromatic rings. The number of benzene rings is 2. The summed E-state index contributed by atoms with van der Waals surface area (Å²) in [6.07, 6.45) is 1.52. The lowest BCUT2D eigenvalue weighted by atomic mass is 10.1. The Morgan fingerprint density at radius 3 is 2.96 bits per heavy atom. The molecule has 1 N–H and O–H groups in total. The van der Waals surface area contributed by atoms with Gasteiger partial charge in [-0.1, -0.05) is 6.07 Å². The van der Waals surface area contributed by atoms with Crippen LogP contribution in [-0.2, 0) is 0 Å². The zero-order valence-electron chi connectivity index (χ0n) is 13.4. The van der Waals surface area contributed by atoms with Gasteiger partial charge in [0.2, 0.25) is 6.79 Å². The summed E-state index contributed by atoms with van der Waals surface area (Å²) in [5.41, 5.74) is 2.55. The number of allylic oxidation sites excluding steroid dienone is 1. The van der Waals surface area contributed by atoms with Gasteiger partial charge in [0.05, 0.1) is 5.69 Å². The van der Waals surface area contributed by atoms with Crippen molar-refractivity contribution in [3.05, 3.63) is 64.9 Å². The van der Waals surface area contributed by atoms with E-state index in [1.54, 1.807) is 12.1 Å². The summed E-state index contributed by atoms with van der Waals surface area (Å²) in [5, 5.41) is 14.8. The van der Waals surface area contributed by atoms with Gasteiger partial charge in [0, 0.05) is 22.8 Å². The first-order valence-electron chi connectivity index (χ1n) is 7.71. The first-order chi connectivity index (χ1) is 12.7. The number of fused-ring (bicyclic) bond motifs is 1. The van der Waals surface area contributed by atoms with E-state index in [1.807, 2.05) is 23.6 Å². The number of aromatic nitrogens is 1. The molecule has 26 heavy (non-hydrogen) atoms. The van der Waals surface area contributed by atoms with Gasteiger partial charge in [0.25, 0.3) is 0 Å². The summed E-state index contributed by atoms with van der Waals surface area (Å²) >= 11 is 1.36. The average Bonchev–Trinajstić information content (AvgIpc) is 3.31. The van der Waals surface area contributed by atoms with Crippen LogP contribution in [0.3, 0.4) is 0 Å². The molecule has 1 aromatic heterocycles. The highest BCUT2D eigenvalue weighted by Gasteiger charge is 2.15. The molecule has 0 amide bonds. The monoisotopic (exact) mass is 365 g/mol. The summed E-state index contributed by atoms with van der Waals surface area (Å²) in [7, 11) is 0. The SMILES string of the molecule is N#C/C(=C\Nc1cccc(F)c1)c1nc(-c2ccc3c(c2)OCO3)cs1. The van der Waals surface area contributed by atoms with Gasteiger partial charge in [-0.15, -0.1) is 11.3 Å². The van der Waals surface area contributed by atoms with Crippen molar-refractivity contribution in [1.82, 2.24) is 4.98 Å². The van der Waals surface area contributed by atoms with E-state index >= 15 is 0 Å². The minimum absolute atomic E-state index is 0.216. The minimum atomic E-state index is -0.346. The highest BCUT2D eigenvalue weighted by atomic mass is 32.1. The first-order valence-corrected chi connectivity index (χ1v) is 8.59. The number of anilines is 1. The van der Waals surface area contributed by atoms with Gasteiger partial charge >= 0.3 is 0 Å². The minimum Gasteiger partial charge on any atom is -0.454 e. The summed E-state index contributed by atoms with van der Waals surface area (Å²) in [6.45, 7) is 0.216. The number of nitrogens with zero attached hydrogens (tertiary/aromatic N) is 2. The second-order valence-corrected chi connectivity index (χ2v) is 6.29. The molecule has 0 spiro atoms. The summed E-state index contributed by atoms with van der Waals surface area (Å²) in [5.74, 6) is 1.04. The van der Waals surface area contributed by atoms with Crippen molar-refractivity contribution in [3.8, 4) is 28.8 Å². The molecular weight excluding hydrogens is 353 g/mol. The molecule has 128 valence electrons. The number of rotatable bonds is 4. The molecule has 0 bridgehead atoms. The number of thiazole rings is 1. The van der Waals surface area contributed by atoms with Gasteiger partial charge in [0.15, 0.2) is 11.5 Å². The third kappa shape index (κ3) is 3.23. The van der Waals surface area contributed by atoms with Crippen LogP contribution < -0.4 is 14.8 Å². The maximum atomic E-state index is 13.2. The van der Waals surface area contributed by atoms with Crippen molar-refractivity contribution in [2.24, 2.45) is 0 Å². The van der Waals surface area contributed by atoms with Crippen LogP contribution in [0.2, 0.25) is 0 Å². The highest BCUT2D eigenvalue weighted by molar-refractivity contribution is 7.11. The second-order valence-electron chi connectivity index (χ2n) is 5.43. The van der Waals surface area contributed by atoms with Gasteiger partial charge in [-0.05, 0) is 36.4 Å². The molecule has 0 radical (unpaired) electrons. The molecule has 0 fully saturated rings. The van der Waals surface area contributed by atoms with E-state index in [1.165, 1.54) is 29.7 Å². The summed E-state index contributed by atoms with van der Waals surface area (Å²) in [6, 6.07) is 13.7. The normalized spacial score (nSPS) is 12.7. The average molecular weight is 365 g/mol. The molecular formula is C19H12FN3O2S. The van der Waals surface area contributed by atoms with E-state index in [2.05, 4.69) is 16.4 Å². The Balaban J connectivity index is 1.57. The van der Waals surface area contributed by atoms with Gasteiger partial charge < -0.3 is 14.8 Å². The Morgan fingerprint density at radius 1 is 1.23 bits per heavy atom. The third-order valence-corrected chi connectivity index (χ3v) is 4.61. The molecule has 0 aliphatic carbocycles. The predicted octanol–water partition coefficient (Wildman–Crippen LogP) is 4.65. The predicted molar refractivity (Wildman–Crippen MR) is 97.3 cm³/mol. The number of halogens is 1.